The fraction of sp³-hybridized carbons (Fsp3) is 0.562. The van der Waals surface area contributed by atoms with E-state index in [-0.39, 0.29) is 0 Å². The first-order chi connectivity index (χ1) is 8.70. The van der Waals surface area contributed by atoms with E-state index in [2.05, 4.69) is 43.0 Å². The summed E-state index contributed by atoms with van der Waals surface area (Å²) in [5.41, 5.74) is 2.42. The number of hydrogen-bond donors (Lipinski definition) is 0. The topological polar surface area (TPSA) is 20.3 Å². The molecule has 0 atom stereocenters. The summed E-state index contributed by atoms with van der Waals surface area (Å²) in [5, 5.41) is 0. The number of nitrogens with zero attached hydrogens (tertiary/aromatic N) is 1. The van der Waals surface area contributed by atoms with E-state index in [0.717, 1.165) is 19.4 Å². The molecule has 0 saturated heterocycles. The standard InChI is InChI=1S/C16H23NO/c1-3-17(15-10-6-7-13(2)11-15)12-16(18)14-8-4-5-9-14/h6-7,10-11,14H,3-5,8-9,12H2,1-2H3. The molecule has 1 aromatic carbocycles. The van der Waals surface area contributed by atoms with Gasteiger partial charge in [0.15, 0.2) is 5.78 Å². The summed E-state index contributed by atoms with van der Waals surface area (Å²) < 4.78 is 0. The van der Waals surface area contributed by atoms with Crippen LogP contribution in [0.4, 0.5) is 5.69 Å². The van der Waals surface area contributed by atoms with Crippen LogP contribution in [0.15, 0.2) is 24.3 Å². The van der Waals surface area contributed by atoms with Gasteiger partial charge >= 0.3 is 0 Å². The van der Waals surface area contributed by atoms with E-state index in [1.807, 2.05) is 0 Å². The molecule has 1 aliphatic carbocycles. The van der Waals surface area contributed by atoms with Crippen molar-refractivity contribution in [2.45, 2.75) is 39.5 Å². The largest absolute Gasteiger partial charge is 0.364 e. The Bertz CT molecular complexity index is 407. The molecule has 0 unspecified atom stereocenters. The monoisotopic (exact) mass is 245 g/mol. The minimum atomic E-state index is 0.323. The van der Waals surface area contributed by atoms with Crippen LogP contribution < -0.4 is 4.90 Å². The van der Waals surface area contributed by atoms with Crippen molar-refractivity contribution in [2.75, 3.05) is 18.0 Å². The number of aryl methyl sites for hydroxylation is 1. The van der Waals surface area contributed by atoms with Gasteiger partial charge in [-0.2, -0.15) is 0 Å². The Kier molecular flexibility index (Phi) is 4.40. The van der Waals surface area contributed by atoms with E-state index in [1.54, 1.807) is 0 Å². The van der Waals surface area contributed by atoms with Gasteiger partial charge in [-0.05, 0) is 44.4 Å². The number of carbonyl (C=O) groups is 1. The van der Waals surface area contributed by atoms with Gasteiger partial charge in [0, 0.05) is 18.2 Å². The average molecular weight is 245 g/mol. The lowest BCUT2D eigenvalue weighted by Crippen LogP contribution is -2.32. The second-order valence-electron chi connectivity index (χ2n) is 5.30. The molecule has 1 aromatic rings. The second-order valence-corrected chi connectivity index (χ2v) is 5.30. The predicted octanol–water partition coefficient (Wildman–Crippen LogP) is 3.58. The van der Waals surface area contributed by atoms with E-state index in [1.165, 1.54) is 24.1 Å². The number of carbonyl (C=O) groups excluding carboxylic acids is 1. The molecule has 0 radical (unpaired) electrons. The summed E-state index contributed by atoms with van der Waals surface area (Å²) >= 11 is 0. The van der Waals surface area contributed by atoms with E-state index >= 15 is 0 Å². The zero-order valence-corrected chi connectivity index (χ0v) is 11.5. The molecule has 1 fully saturated rings. The number of Topliss-reactive ketones (excluding diaryl/α,β-unsaturated/α-hetero) is 1. The summed E-state index contributed by atoms with van der Waals surface area (Å²) in [4.78, 5) is 14.4. The molecule has 2 rings (SSSR count). The molecule has 0 bridgehead atoms. The Morgan fingerprint density at radius 1 is 1.33 bits per heavy atom. The third-order valence-electron chi connectivity index (χ3n) is 3.91. The van der Waals surface area contributed by atoms with Gasteiger partial charge in [-0.1, -0.05) is 25.0 Å². The Morgan fingerprint density at radius 3 is 2.67 bits per heavy atom. The van der Waals surface area contributed by atoms with Crippen molar-refractivity contribution in [3.8, 4) is 0 Å². The predicted molar refractivity (Wildman–Crippen MR) is 76.0 cm³/mol. The van der Waals surface area contributed by atoms with Crippen molar-refractivity contribution < 1.29 is 4.79 Å². The number of anilines is 1. The zero-order chi connectivity index (χ0) is 13.0. The van der Waals surface area contributed by atoms with E-state index in [9.17, 15) is 4.79 Å². The highest BCUT2D eigenvalue weighted by Crippen LogP contribution is 2.26. The quantitative estimate of drug-likeness (QED) is 0.790. The minimum Gasteiger partial charge on any atom is -0.364 e. The van der Waals surface area contributed by atoms with Gasteiger partial charge in [-0.25, -0.2) is 0 Å². The molecule has 18 heavy (non-hydrogen) atoms. The van der Waals surface area contributed by atoms with Crippen LogP contribution in [0.1, 0.15) is 38.2 Å². The van der Waals surface area contributed by atoms with Crippen molar-refractivity contribution in [3.05, 3.63) is 29.8 Å². The first-order valence-electron chi connectivity index (χ1n) is 7.05. The molecule has 0 N–H and O–H groups in total. The molecule has 0 aromatic heterocycles. The molecule has 98 valence electrons. The van der Waals surface area contributed by atoms with Gasteiger partial charge in [0.1, 0.15) is 0 Å². The maximum atomic E-state index is 12.2. The lowest BCUT2D eigenvalue weighted by molar-refractivity contribution is -0.121. The molecule has 2 nitrogen and oxygen atoms in total. The fourth-order valence-corrected chi connectivity index (χ4v) is 2.78. The molecule has 2 heteroatoms. The summed E-state index contributed by atoms with van der Waals surface area (Å²) in [5.74, 6) is 0.750. The van der Waals surface area contributed by atoms with Gasteiger partial charge in [0.25, 0.3) is 0 Å². The van der Waals surface area contributed by atoms with Crippen molar-refractivity contribution >= 4 is 11.5 Å². The Labute approximate surface area is 110 Å². The molecule has 0 aliphatic heterocycles. The van der Waals surface area contributed by atoms with Gasteiger partial charge < -0.3 is 4.90 Å². The maximum Gasteiger partial charge on any atom is 0.155 e. The van der Waals surface area contributed by atoms with Crippen LogP contribution >= 0.6 is 0 Å². The molecular weight excluding hydrogens is 222 g/mol. The van der Waals surface area contributed by atoms with Gasteiger partial charge in [0.2, 0.25) is 0 Å². The highest BCUT2D eigenvalue weighted by molar-refractivity contribution is 5.85. The lowest BCUT2D eigenvalue weighted by atomic mass is 10.0. The van der Waals surface area contributed by atoms with Crippen LogP contribution in [0.5, 0.6) is 0 Å². The summed E-state index contributed by atoms with van der Waals surface area (Å²) in [7, 11) is 0. The minimum absolute atomic E-state index is 0.323. The summed E-state index contributed by atoms with van der Waals surface area (Å²) in [6, 6.07) is 8.41. The van der Waals surface area contributed by atoms with Crippen LogP contribution in [0, 0.1) is 12.8 Å². The van der Waals surface area contributed by atoms with Crippen molar-refractivity contribution in [1.29, 1.82) is 0 Å². The molecule has 0 amide bonds. The molecule has 0 spiro atoms. The third-order valence-corrected chi connectivity index (χ3v) is 3.91. The highest BCUT2D eigenvalue weighted by atomic mass is 16.1. The lowest BCUT2D eigenvalue weighted by Gasteiger charge is -2.24. The molecule has 1 aliphatic rings. The number of hydrogen-bond acceptors (Lipinski definition) is 2. The summed E-state index contributed by atoms with van der Waals surface area (Å²) in [6.45, 7) is 5.67. The van der Waals surface area contributed by atoms with Crippen molar-refractivity contribution in [2.24, 2.45) is 5.92 Å². The van der Waals surface area contributed by atoms with Gasteiger partial charge in [-0.3, -0.25) is 4.79 Å². The summed E-state index contributed by atoms with van der Waals surface area (Å²) in [6.07, 6.45) is 4.66. The average Bonchev–Trinajstić information content (AvgIpc) is 2.89. The van der Waals surface area contributed by atoms with E-state index < -0.39 is 0 Å². The number of benzene rings is 1. The molecule has 0 heterocycles. The van der Waals surface area contributed by atoms with E-state index in [4.69, 9.17) is 0 Å². The van der Waals surface area contributed by atoms with Crippen LogP contribution in [-0.2, 0) is 4.79 Å². The van der Waals surface area contributed by atoms with Crippen molar-refractivity contribution in [1.82, 2.24) is 0 Å². The van der Waals surface area contributed by atoms with Crippen LogP contribution in [0.3, 0.4) is 0 Å². The van der Waals surface area contributed by atoms with Gasteiger partial charge in [0.05, 0.1) is 6.54 Å². The second kappa shape index (κ2) is 6.03. The fourth-order valence-electron chi connectivity index (χ4n) is 2.78. The van der Waals surface area contributed by atoms with Crippen LogP contribution in [0.2, 0.25) is 0 Å². The normalized spacial score (nSPS) is 15.9. The van der Waals surface area contributed by atoms with Gasteiger partial charge in [-0.15, -0.1) is 0 Å². The SMILES string of the molecule is CCN(CC(=O)C1CCCC1)c1cccc(C)c1. The number of ketones is 1. The van der Waals surface area contributed by atoms with Crippen molar-refractivity contribution in [3.63, 3.8) is 0 Å². The zero-order valence-electron chi connectivity index (χ0n) is 11.5. The Morgan fingerprint density at radius 2 is 2.06 bits per heavy atom. The smallest absolute Gasteiger partial charge is 0.155 e. The Balaban J connectivity index is 2.02. The van der Waals surface area contributed by atoms with Crippen LogP contribution in [-0.4, -0.2) is 18.9 Å². The third kappa shape index (κ3) is 3.12. The first-order valence-corrected chi connectivity index (χ1v) is 7.05. The molecular formula is C16H23NO. The maximum absolute atomic E-state index is 12.2. The Hall–Kier alpha value is -1.31. The van der Waals surface area contributed by atoms with E-state index in [0.29, 0.717) is 18.2 Å². The first kappa shape index (κ1) is 13.1. The molecule has 1 saturated carbocycles. The highest BCUT2D eigenvalue weighted by Gasteiger charge is 2.23. The van der Waals surface area contributed by atoms with Crippen LogP contribution in [0.25, 0.3) is 0 Å². The number of likely N-dealkylation sites (N-methyl/N-ethyl adjacent to an activating group) is 1. The number of rotatable bonds is 5.